The molecule has 0 aliphatic heterocycles. The van der Waals surface area contributed by atoms with Gasteiger partial charge >= 0.3 is 0 Å². The molecule has 0 amide bonds. The molecule has 0 atom stereocenters. The van der Waals surface area contributed by atoms with Crippen LogP contribution in [0.5, 0.6) is 17.2 Å². The monoisotopic (exact) mass is 416 g/mol. The van der Waals surface area contributed by atoms with Gasteiger partial charge in [-0.15, -0.1) is 5.11 Å². The van der Waals surface area contributed by atoms with Crippen LogP contribution in [-0.4, -0.2) is 18.3 Å². The molecule has 0 saturated heterocycles. The maximum absolute atomic E-state index is 10.1. The highest BCUT2D eigenvalue weighted by molar-refractivity contribution is 5.60. The Morgan fingerprint density at radius 3 is 2.35 bits per heavy atom. The van der Waals surface area contributed by atoms with Crippen molar-refractivity contribution in [2.75, 3.05) is 13.2 Å². The van der Waals surface area contributed by atoms with Gasteiger partial charge in [0.25, 0.3) is 0 Å². The molecule has 5 nitrogen and oxygen atoms in total. The molecular formula is C26H28N2O3. The second-order valence-electron chi connectivity index (χ2n) is 8.09. The Balaban J connectivity index is 1.65. The second-order valence-corrected chi connectivity index (χ2v) is 8.09. The SMILES string of the molecule is C=Cc1ccc(OCCOc2ccc(O)c(C(C)(C)C)c2)c(N=Nc2ccccc2)c1. The molecule has 0 radical (unpaired) electrons. The summed E-state index contributed by atoms with van der Waals surface area (Å²) in [6.45, 7) is 10.6. The minimum absolute atomic E-state index is 0.175. The van der Waals surface area contributed by atoms with Crippen molar-refractivity contribution < 1.29 is 14.6 Å². The summed E-state index contributed by atoms with van der Waals surface area (Å²) >= 11 is 0. The van der Waals surface area contributed by atoms with E-state index in [2.05, 4.69) is 16.8 Å². The predicted octanol–water partition coefficient (Wildman–Crippen LogP) is 7.21. The van der Waals surface area contributed by atoms with E-state index >= 15 is 0 Å². The summed E-state index contributed by atoms with van der Waals surface area (Å²) in [6.07, 6.45) is 1.76. The quantitative estimate of drug-likeness (QED) is 0.312. The number of hydrogen-bond donors (Lipinski definition) is 1. The van der Waals surface area contributed by atoms with Crippen LogP contribution in [0, 0.1) is 0 Å². The Morgan fingerprint density at radius 2 is 1.65 bits per heavy atom. The van der Waals surface area contributed by atoms with Crippen LogP contribution in [0.4, 0.5) is 11.4 Å². The van der Waals surface area contributed by atoms with Gasteiger partial charge < -0.3 is 14.6 Å². The van der Waals surface area contributed by atoms with Gasteiger partial charge in [0.15, 0.2) is 0 Å². The lowest BCUT2D eigenvalue weighted by atomic mass is 9.86. The summed E-state index contributed by atoms with van der Waals surface area (Å²) in [5, 5.41) is 18.7. The minimum Gasteiger partial charge on any atom is -0.508 e. The Hall–Kier alpha value is -3.60. The molecule has 5 heteroatoms. The van der Waals surface area contributed by atoms with Gasteiger partial charge in [0.2, 0.25) is 0 Å². The predicted molar refractivity (Wildman–Crippen MR) is 125 cm³/mol. The lowest BCUT2D eigenvalue weighted by Crippen LogP contribution is -2.13. The van der Waals surface area contributed by atoms with Crippen LogP contribution in [0.15, 0.2) is 83.5 Å². The molecule has 0 unspecified atom stereocenters. The second kappa shape index (κ2) is 9.94. The molecule has 1 N–H and O–H groups in total. The van der Waals surface area contributed by atoms with Crippen molar-refractivity contribution in [2.24, 2.45) is 10.2 Å². The van der Waals surface area contributed by atoms with Gasteiger partial charge in [-0.1, -0.05) is 57.7 Å². The Labute approximate surface area is 183 Å². The largest absolute Gasteiger partial charge is 0.508 e. The van der Waals surface area contributed by atoms with Crippen molar-refractivity contribution in [3.8, 4) is 17.2 Å². The van der Waals surface area contributed by atoms with Gasteiger partial charge in [0.05, 0.1) is 5.69 Å². The van der Waals surface area contributed by atoms with E-state index in [4.69, 9.17) is 9.47 Å². The molecule has 3 aromatic carbocycles. The lowest BCUT2D eigenvalue weighted by molar-refractivity contribution is 0.217. The van der Waals surface area contributed by atoms with E-state index in [0.717, 1.165) is 16.8 Å². The van der Waals surface area contributed by atoms with E-state index in [1.807, 2.05) is 75.4 Å². The number of azo groups is 1. The van der Waals surface area contributed by atoms with E-state index in [1.165, 1.54) is 0 Å². The van der Waals surface area contributed by atoms with Crippen LogP contribution in [0.25, 0.3) is 6.08 Å². The Bertz CT molecular complexity index is 1050. The normalized spacial score (nSPS) is 11.5. The fourth-order valence-corrected chi connectivity index (χ4v) is 2.98. The van der Waals surface area contributed by atoms with Crippen molar-refractivity contribution in [3.63, 3.8) is 0 Å². The molecule has 0 bridgehead atoms. The average Bonchev–Trinajstić information content (AvgIpc) is 2.76. The third-order valence-corrected chi connectivity index (χ3v) is 4.63. The van der Waals surface area contributed by atoms with Crippen LogP contribution >= 0.6 is 0 Å². The fraction of sp³-hybridized carbons (Fsp3) is 0.231. The zero-order chi connectivity index (χ0) is 22.3. The van der Waals surface area contributed by atoms with Crippen LogP contribution in [0.1, 0.15) is 31.9 Å². The third-order valence-electron chi connectivity index (χ3n) is 4.63. The van der Waals surface area contributed by atoms with Crippen molar-refractivity contribution in [2.45, 2.75) is 26.2 Å². The zero-order valence-electron chi connectivity index (χ0n) is 18.2. The summed E-state index contributed by atoms with van der Waals surface area (Å²) in [6, 6.07) is 20.5. The number of ether oxygens (including phenoxy) is 2. The molecular weight excluding hydrogens is 388 g/mol. The standard InChI is InChI=1S/C26H28N2O3/c1-5-19-11-14-25(23(17-19)28-27-20-9-7-6-8-10-20)31-16-15-30-21-12-13-24(29)22(18-21)26(2,3)4/h5-14,17-18,29H,1,15-16H2,2-4H3. The molecule has 0 aliphatic carbocycles. The number of phenolic OH excluding ortho intramolecular Hbond substituents is 1. The first kappa shape index (κ1) is 22.1. The number of benzene rings is 3. The fourth-order valence-electron chi connectivity index (χ4n) is 2.98. The van der Waals surface area contributed by atoms with Crippen molar-refractivity contribution >= 4 is 17.5 Å². The van der Waals surface area contributed by atoms with E-state index < -0.39 is 0 Å². The number of phenols is 1. The van der Waals surface area contributed by atoms with Crippen LogP contribution in [-0.2, 0) is 5.41 Å². The highest BCUT2D eigenvalue weighted by Crippen LogP contribution is 2.34. The summed E-state index contributed by atoms with van der Waals surface area (Å²) in [5.41, 5.74) is 2.99. The molecule has 0 heterocycles. The zero-order valence-corrected chi connectivity index (χ0v) is 18.2. The smallest absolute Gasteiger partial charge is 0.147 e. The van der Waals surface area contributed by atoms with E-state index in [-0.39, 0.29) is 11.2 Å². The maximum atomic E-state index is 10.1. The van der Waals surface area contributed by atoms with Crippen LogP contribution in [0.3, 0.4) is 0 Å². The van der Waals surface area contributed by atoms with Gasteiger partial charge in [-0.2, -0.15) is 5.11 Å². The van der Waals surface area contributed by atoms with Gasteiger partial charge in [0.1, 0.15) is 36.1 Å². The Morgan fingerprint density at radius 1 is 0.903 bits per heavy atom. The van der Waals surface area contributed by atoms with Crippen LogP contribution in [0.2, 0.25) is 0 Å². The van der Waals surface area contributed by atoms with Gasteiger partial charge in [0, 0.05) is 5.56 Å². The summed E-state index contributed by atoms with van der Waals surface area (Å²) < 4.78 is 11.7. The van der Waals surface area contributed by atoms with Crippen molar-refractivity contribution in [3.05, 3.63) is 84.4 Å². The first-order valence-corrected chi connectivity index (χ1v) is 10.2. The summed E-state index contributed by atoms with van der Waals surface area (Å²) in [7, 11) is 0. The maximum Gasteiger partial charge on any atom is 0.147 e. The lowest BCUT2D eigenvalue weighted by Gasteiger charge is -2.21. The van der Waals surface area contributed by atoms with Crippen molar-refractivity contribution in [1.82, 2.24) is 0 Å². The molecule has 3 rings (SSSR count). The van der Waals surface area contributed by atoms with E-state index in [0.29, 0.717) is 30.4 Å². The van der Waals surface area contributed by atoms with E-state index in [9.17, 15) is 5.11 Å². The first-order chi connectivity index (χ1) is 14.9. The van der Waals surface area contributed by atoms with E-state index in [1.54, 1.807) is 18.2 Å². The highest BCUT2D eigenvalue weighted by atomic mass is 16.5. The Kier molecular flexibility index (Phi) is 7.08. The molecule has 3 aromatic rings. The number of aromatic hydroxyl groups is 1. The average molecular weight is 417 g/mol. The molecule has 0 saturated carbocycles. The number of nitrogens with zero attached hydrogens (tertiary/aromatic N) is 2. The van der Waals surface area contributed by atoms with Crippen LogP contribution < -0.4 is 9.47 Å². The van der Waals surface area contributed by atoms with Gasteiger partial charge in [-0.3, -0.25) is 0 Å². The number of hydrogen-bond acceptors (Lipinski definition) is 5. The summed E-state index contributed by atoms with van der Waals surface area (Å²) in [5.74, 6) is 1.58. The van der Waals surface area contributed by atoms with Crippen molar-refractivity contribution in [1.29, 1.82) is 0 Å². The third kappa shape index (κ3) is 6.19. The van der Waals surface area contributed by atoms with Gasteiger partial charge in [-0.25, -0.2) is 0 Å². The molecule has 0 aliphatic rings. The number of rotatable bonds is 8. The topological polar surface area (TPSA) is 63.4 Å². The molecule has 160 valence electrons. The minimum atomic E-state index is -0.175. The first-order valence-electron chi connectivity index (χ1n) is 10.2. The molecule has 0 fully saturated rings. The van der Waals surface area contributed by atoms with Gasteiger partial charge in [-0.05, 0) is 53.4 Å². The molecule has 0 aromatic heterocycles. The molecule has 31 heavy (non-hydrogen) atoms. The summed E-state index contributed by atoms with van der Waals surface area (Å²) in [4.78, 5) is 0. The molecule has 0 spiro atoms. The highest BCUT2D eigenvalue weighted by Gasteiger charge is 2.18.